The van der Waals surface area contributed by atoms with Crippen molar-refractivity contribution in [3.8, 4) is 11.5 Å². The minimum Gasteiger partial charge on any atom is -0.485 e. The van der Waals surface area contributed by atoms with Gasteiger partial charge in [-0.25, -0.2) is 4.79 Å². The van der Waals surface area contributed by atoms with Crippen molar-refractivity contribution in [2.75, 3.05) is 6.61 Å². The Labute approximate surface area is 214 Å². The third-order valence-electron chi connectivity index (χ3n) is 6.00. The molecule has 0 radical (unpaired) electrons. The Morgan fingerprint density at radius 1 is 0.865 bits per heavy atom. The van der Waals surface area contributed by atoms with Gasteiger partial charge in [-0.15, -0.1) is 0 Å². The van der Waals surface area contributed by atoms with Crippen LogP contribution in [0.1, 0.15) is 50.2 Å². The summed E-state index contributed by atoms with van der Waals surface area (Å²) in [7, 11) is 0. The predicted molar refractivity (Wildman–Crippen MR) is 135 cm³/mol. The standard InChI is InChI=1S/C28H28N2O7/c31-24(32)13-11-21-17-36-26-23(37-21)12-10-20(25(26)28(34)35)16-29-15-19-8-4-5-9-22(19)27(33)30-14-18-6-2-1-3-7-18/h1-10,12,21,29H,11,13-17H2,(H,30,33)(H,31,32)(H,34,35)/t21-/m0/s1. The topological polar surface area (TPSA) is 134 Å². The molecule has 0 saturated heterocycles. The van der Waals surface area contributed by atoms with Gasteiger partial charge in [0, 0.05) is 31.6 Å². The Bertz CT molecular complexity index is 1280. The lowest BCUT2D eigenvalue weighted by atomic mass is 10.0. The van der Waals surface area contributed by atoms with Crippen LogP contribution in [0.5, 0.6) is 11.5 Å². The van der Waals surface area contributed by atoms with Crippen LogP contribution in [0.25, 0.3) is 0 Å². The van der Waals surface area contributed by atoms with Crippen LogP contribution in [0, 0.1) is 0 Å². The van der Waals surface area contributed by atoms with Gasteiger partial charge in [-0.1, -0.05) is 54.6 Å². The molecule has 4 N–H and O–H groups in total. The first-order valence-electron chi connectivity index (χ1n) is 11.9. The summed E-state index contributed by atoms with van der Waals surface area (Å²) in [5.41, 5.74) is 2.82. The predicted octanol–water partition coefficient (Wildman–Crippen LogP) is 3.61. The van der Waals surface area contributed by atoms with E-state index in [2.05, 4.69) is 10.6 Å². The van der Waals surface area contributed by atoms with Crippen LogP contribution in [-0.2, 0) is 24.4 Å². The van der Waals surface area contributed by atoms with Gasteiger partial charge in [0.1, 0.15) is 18.3 Å². The lowest BCUT2D eigenvalue weighted by molar-refractivity contribution is -0.137. The fourth-order valence-corrected chi connectivity index (χ4v) is 4.14. The fourth-order valence-electron chi connectivity index (χ4n) is 4.14. The number of hydrogen-bond acceptors (Lipinski definition) is 6. The fraction of sp³-hybridized carbons (Fsp3) is 0.250. The van der Waals surface area contributed by atoms with E-state index in [9.17, 15) is 19.5 Å². The second-order valence-electron chi connectivity index (χ2n) is 8.64. The summed E-state index contributed by atoms with van der Waals surface area (Å²) in [5.74, 6) is -1.86. The van der Waals surface area contributed by atoms with E-state index in [0.717, 1.165) is 11.1 Å². The van der Waals surface area contributed by atoms with E-state index in [1.165, 1.54) is 0 Å². The van der Waals surface area contributed by atoms with Crippen LogP contribution in [0.15, 0.2) is 66.7 Å². The molecule has 0 unspecified atom stereocenters. The van der Waals surface area contributed by atoms with Gasteiger partial charge >= 0.3 is 11.9 Å². The van der Waals surface area contributed by atoms with Crippen LogP contribution in [0.2, 0.25) is 0 Å². The smallest absolute Gasteiger partial charge is 0.339 e. The average Bonchev–Trinajstić information content (AvgIpc) is 2.91. The summed E-state index contributed by atoms with van der Waals surface area (Å²) in [6, 6.07) is 20.2. The maximum atomic E-state index is 12.8. The van der Waals surface area contributed by atoms with Crippen molar-refractivity contribution < 1.29 is 34.1 Å². The van der Waals surface area contributed by atoms with Crippen LogP contribution in [0.3, 0.4) is 0 Å². The summed E-state index contributed by atoms with van der Waals surface area (Å²) >= 11 is 0. The number of carbonyl (C=O) groups is 3. The van der Waals surface area contributed by atoms with E-state index in [-0.39, 0.29) is 49.0 Å². The molecule has 37 heavy (non-hydrogen) atoms. The Hall–Kier alpha value is -4.37. The number of amides is 1. The van der Waals surface area contributed by atoms with Gasteiger partial charge in [-0.3, -0.25) is 9.59 Å². The quantitative estimate of drug-likeness (QED) is 0.311. The third kappa shape index (κ3) is 6.65. The molecule has 1 amide bonds. The molecule has 1 heterocycles. The lowest BCUT2D eigenvalue weighted by Crippen LogP contribution is -2.31. The average molecular weight is 505 g/mol. The molecule has 1 aliphatic rings. The molecule has 3 aromatic rings. The van der Waals surface area contributed by atoms with Crippen molar-refractivity contribution in [1.82, 2.24) is 10.6 Å². The van der Waals surface area contributed by atoms with Crippen LogP contribution >= 0.6 is 0 Å². The maximum Gasteiger partial charge on any atom is 0.339 e. The highest BCUT2D eigenvalue weighted by atomic mass is 16.6. The number of carboxylic acids is 2. The molecule has 9 nitrogen and oxygen atoms in total. The SMILES string of the molecule is O=C(O)CC[C@H]1COc2c(ccc(CNCc3ccccc3C(=O)NCc3ccccc3)c2C(=O)O)O1. The van der Waals surface area contributed by atoms with Crippen LogP contribution < -0.4 is 20.1 Å². The molecule has 0 aromatic heterocycles. The number of nitrogens with one attached hydrogen (secondary N) is 2. The van der Waals surface area contributed by atoms with Crippen LogP contribution in [-0.4, -0.2) is 40.8 Å². The molecule has 1 aliphatic heterocycles. The molecule has 0 saturated carbocycles. The minimum atomic E-state index is -1.15. The summed E-state index contributed by atoms with van der Waals surface area (Å²) in [5, 5.41) is 24.9. The molecule has 192 valence electrons. The highest BCUT2D eigenvalue weighted by Crippen LogP contribution is 2.38. The molecule has 4 rings (SSSR count). The van der Waals surface area contributed by atoms with E-state index in [0.29, 0.717) is 24.2 Å². The van der Waals surface area contributed by atoms with Crippen molar-refractivity contribution in [3.05, 3.63) is 94.5 Å². The number of carbonyl (C=O) groups excluding carboxylic acids is 1. The number of rotatable bonds is 11. The van der Waals surface area contributed by atoms with E-state index < -0.39 is 18.0 Å². The molecular formula is C28H28N2O7. The van der Waals surface area contributed by atoms with Gasteiger partial charge in [-0.2, -0.15) is 0 Å². The van der Waals surface area contributed by atoms with Gasteiger partial charge in [0.15, 0.2) is 11.5 Å². The number of hydrogen-bond donors (Lipinski definition) is 4. The monoisotopic (exact) mass is 504 g/mol. The Morgan fingerprint density at radius 3 is 2.35 bits per heavy atom. The maximum absolute atomic E-state index is 12.8. The molecule has 0 fully saturated rings. The molecule has 0 aliphatic carbocycles. The zero-order valence-corrected chi connectivity index (χ0v) is 20.1. The largest absolute Gasteiger partial charge is 0.485 e. The van der Waals surface area contributed by atoms with Gasteiger partial charge in [0.25, 0.3) is 5.91 Å². The second-order valence-corrected chi connectivity index (χ2v) is 8.64. The van der Waals surface area contributed by atoms with Gasteiger partial charge in [0.05, 0.1) is 0 Å². The number of benzene rings is 3. The van der Waals surface area contributed by atoms with Crippen molar-refractivity contribution >= 4 is 17.8 Å². The van der Waals surface area contributed by atoms with E-state index in [4.69, 9.17) is 14.6 Å². The number of fused-ring (bicyclic) bond motifs is 1. The summed E-state index contributed by atoms with van der Waals surface area (Å²) in [4.78, 5) is 35.7. The van der Waals surface area contributed by atoms with Crippen molar-refractivity contribution in [1.29, 1.82) is 0 Å². The number of aromatic carboxylic acids is 1. The Morgan fingerprint density at radius 2 is 1.59 bits per heavy atom. The first-order valence-corrected chi connectivity index (χ1v) is 11.9. The van der Waals surface area contributed by atoms with Crippen molar-refractivity contribution in [3.63, 3.8) is 0 Å². The van der Waals surface area contributed by atoms with Crippen molar-refractivity contribution in [2.45, 2.75) is 38.6 Å². The van der Waals surface area contributed by atoms with Gasteiger partial charge < -0.3 is 30.3 Å². The summed E-state index contributed by atoms with van der Waals surface area (Å²) in [6.07, 6.45) is -0.263. The number of carboxylic acid groups (broad SMARTS) is 2. The van der Waals surface area contributed by atoms with E-state index in [1.807, 2.05) is 42.5 Å². The first kappa shape index (κ1) is 25.7. The number of aliphatic carboxylic acids is 1. The zero-order valence-electron chi connectivity index (χ0n) is 20.1. The lowest BCUT2D eigenvalue weighted by Gasteiger charge is -2.28. The summed E-state index contributed by atoms with van der Waals surface area (Å²) in [6.45, 7) is 1.06. The molecule has 0 bridgehead atoms. The Balaban J connectivity index is 1.41. The van der Waals surface area contributed by atoms with Gasteiger partial charge in [0.2, 0.25) is 0 Å². The van der Waals surface area contributed by atoms with E-state index >= 15 is 0 Å². The Kier molecular flexibility index (Phi) is 8.37. The minimum absolute atomic E-state index is 0.00410. The normalized spacial score (nSPS) is 14.1. The van der Waals surface area contributed by atoms with Crippen molar-refractivity contribution in [2.24, 2.45) is 0 Å². The highest BCUT2D eigenvalue weighted by molar-refractivity contribution is 5.95. The number of ether oxygens (including phenoxy) is 2. The molecule has 1 atom stereocenters. The van der Waals surface area contributed by atoms with E-state index in [1.54, 1.807) is 24.3 Å². The molecular weight excluding hydrogens is 476 g/mol. The van der Waals surface area contributed by atoms with Gasteiger partial charge in [-0.05, 0) is 35.2 Å². The second kappa shape index (κ2) is 12.0. The zero-order chi connectivity index (χ0) is 26.2. The highest BCUT2D eigenvalue weighted by Gasteiger charge is 2.28. The molecule has 9 heteroatoms. The molecule has 0 spiro atoms. The summed E-state index contributed by atoms with van der Waals surface area (Å²) < 4.78 is 11.5. The third-order valence-corrected chi connectivity index (χ3v) is 6.00. The first-order chi connectivity index (χ1) is 17.9. The van der Waals surface area contributed by atoms with Crippen LogP contribution in [0.4, 0.5) is 0 Å². The molecule has 3 aromatic carbocycles.